The number of aromatic nitrogens is 2. The first-order chi connectivity index (χ1) is 9.35. The van der Waals surface area contributed by atoms with Crippen molar-refractivity contribution in [3.05, 3.63) is 23.8 Å². The van der Waals surface area contributed by atoms with Crippen molar-refractivity contribution in [3.63, 3.8) is 0 Å². The van der Waals surface area contributed by atoms with Gasteiger partial charge in [-0.1, -0.05) is 0 Å². The van der Waals surface area contributed by atoms with Gasteiger partial charge in [-0.2, -0.15) is 13.2 Å². The van der Waals surface area contributed by atoms with Crippen molar-refractivity contribution in [2.75, 3.05) is 6.54 Å². The van der Waals surface area contributed by atoms with Gasteiger partial charge in [-0.15, -0.1) is 0 Å². The van der Waals surface area contributed by atoms with Gasteiger partial charge in [0.1, 0.15) is 6.54 Å². The van der Waals surface area contributed by atoms with E-state index in [-0.39, 0.29) is 5.92 Å². The average molecular weight is 288 g/mol. The van der Waals surface area contributed by atoms with Crippen molar-refractivity contribution in [1.29, 1.82) is 0 Å². The maximum absolute atomic E-state index is 12.0. The SMILES string of the molecule is Cc1ccnc([C@H](NC(=O)NCC(F)(F)F)C2CC2)n1. The molecule has 1 heterocycles. The van der Waals surface area contributed by atoms with Gasteiger partial charge in [-0.05, 0) is 31.7 Å². The van der Waals surface area contributed by atoms with Crippen LogP contribution in [0.25, 0.3) is 0 Å². The Morgan fingerprint density at radius 3 is 2.75 bits per heavy atom. The van der Waals surface area contributed by atoms with Crippen LogP contribution in [-0.4, -0.2) is 28.7 Å². The smallest absolute Gasteiger partial charge is 0.329 e. The van der Waals surface area contributed by atoms with E-state index in [1.165, 1.54) is 0 Å². The number of rotatable bonds is 4. The maximum Gasteiger partial charge on any atom is 0.405 e. The monoisotopic (exact) mass is 288 g/mol. The molecule has 2 N–H and O–H groups in total. The number of hydrogen-bond acceptors (Lipinski definition) is 3. The predicted octanol–water partition coefficient (Wildman–Crippen LogP) is 2.10. The van der Waals surface area contributed by atoms with Crippen molar-refractivity contribution >= 4 is 6.03 Å². The fraction of sp³-hybridized carbons (Fsp3) is 0.583. The number of carbonyl (C=O) groups is 1. The summed E-state index contributed by atoms with van der Waals surface area (Å²) in [6, 6.07) is 0.421. The van der Waals surface area contributed by atoms with Crippen molar-refractivity contribution < 1.29 is 18.0 Å². The highest BCUT2D eigenvalue weighted by atomic mass is 19.4. The summed E-state index contributed by atoms with van der Waals surface area (Å²) in [6.45, 7) is 0.434. The summed E-state index contributed by atoms with van der Waals surface area (Å²) in [4.78, 5) is 19.8. The molecule has 0 bridgehead atoms. The van der Waals surface area contributed by atoms with E-state index < -0.39 is 24.8 Å². The lowest BCUT2D eigenvalue weighted by Crippen LogP contribution is -2.43. The number of alkyl halides is 3. The maximum atomic E-state index is 12.0. The first-order valence-corrected chi connectivity index (χ1v) is 6.26. The summed E-state index contributed by atoms with van der Waals surface area (Å²) in [5.41, 5.74) is 0.748. The Kier molecular flexibility index (Phi) is 4.10. The van der Waals surface area contributed by atoms with Crippen LogP contribution in [0.1, 0.15) is 30.4 Å². The third kappa shape index (κ3) is 4.36. The fourth-order valence-electron chi connectivity index (χ4n) is 1.81. The van der Waals surface area contributed by atoms with E-state index in [1.54, 1.807) is 24.5 Å². The summed E-state index contributed by atoms with van der Waals surface area (Å²) in [6.07, 6.45) is -1.04. The van der Waals surface area contributed by atoms with Gasteiger partial charge in [0.25, 0.3) is 0 Å². The molecule has 20 heavy (non-hydrogen) atoms. The molecule has 0 spiro atoms. The van der Waals surface area contributed by atoms with E-state index in [4.69, 9.17) is 0 Å². The molecule has 110 valence electrons. The minimum atomic E-state index is -4.42. The van der Waals surface area contributed by atoms with Crippen LogP contribution in [0, 0.1) is 12.8 Å². The zero-order valence-electron chi connectivity index (χ0n) is 10.9. The number of hydrogen-bond donors (Lipinski definition) is 2. The third-order valence-corrected chi connectivity index (χ3v) is 2.92. The summed E-state index contributed by atoms with van der Waals surface area (Å²) >= 11 is 0. The highest BCUT2D eigenvalue weighted by Crippen LogP contribution is 2.39. The number of urea groups is 1. The molecule has 1 aliphatic carbocycles. The predicted molar refractivity (Wildman–Crippen MR) is 64.8 cm³/mol. The number of halogens is 3. The molecule has 2 rings (SSSR count). The molecule has 1 aromatic rings. The number of carbonyl (C=O) groups excluding carboxylic acids is 1. The van der Waals surface area contributed by atoms with Crippen LogP contribution in [0.2, 0.25) is 0 Å². The van der Waals surface area contributed by atoms with Gasteiger partial charge in [0, 0.05) is 11.9 Å². The quantitative estimate of drug-likeness (QED) is 0.891. The van der Waals surface area contributed by atoms with Gasteiger partial charge >= 0.3 is 12.2 Å². The molecular weight excluding hydrogens is 273 g/mol. The van der Waals surface area contributed by atoms with Crippen molar-refractivity contribution in [1.82, 2.24) is 20.6 Å². The summed E-state index contributed by atoms with van der Waals surface area (Å²) < 4.78 is 36.1. The molecule has 0 unspecified atom stereocenters. The lowest BCUT2D eigenvalue weighted by molar-refractivity contribution is -0.122. The van der Waals surface area contributed by atoms with E-state index in [9.17, 15) is 18.0 Å². The van der Waals surface area contributed by atoms with E-state index in [0.29, 0.717) is 5.82 Å². The largest absolute Gasteiger partial charge is 0.405 e. The fourth-order valence-corrected chi connectivity index (χ4v) is 1.81. The number of amides is 2. The Balaban J connectivity index is 1.98. The zero-order chi connectivity index (χ0) is 14.8. The van der Waals surface area contributed by atoms with E-state index in [2.05, 4.69) is 15.3 Å². The van der Waals surface area contributed by atoms with Crippen LogP contribution in [0.3, 0.4) is 0 Å². The molecule has 1 fully saturated rings. The minimum Gasteiger partial charge on any atom is -0.329 e. The second-order valence-corrected chi connectivity index (χ2v) is 4.81. The van der Waals surface area contributed by atoms with Crippen LogP contribution in [0.4, 0.5) is 18.0 Å². The topological polar surface area (TPSA) is 66.9 Å². The lowest BCUT2D eigenvalue weighted by atomic mass is 10.1. The summed E-state index contributed by atoms with van der Waals surface area (Å²) in [5, 5.41) is 4.31. The second kappa shape index (κ2) is 5.64. The molecule has 1 aromatic heterocycles. The molecule has 0 saturated heterocycles. The van der Waals surface area contributed by atoms with Crippen molar-refractivity contribution in [2.24, 2.45) is 5.92 Å². The highest BCUT2D eigenvalue weighted by Gasteiger charge is 2.36. The standard InChI is InChI=1S/C12H15F3N4O/c1-7-4-5-16-10(18-7)9(8-2-3-8)19-11(20)17-6-12(13,14)15/h4-5,8-9H,2-3,6H2,1H3,(H2,17,19,20)/t9-/m1/s1. The van der Waals surface area contributed by atoms with E-state index in [1.807, 2.05) is 0 Å². The van der Waals surface area contributed by atoms with Gasteiger partial charge in [0.05, 0.1) is 6.04 Å². The lowest BCUT2D eigenvalue weighted by Gasteiger charge is -2.18. The molecule has 2 amide bonds. The molecule has 1 saturated carbocycles. The highest BCUT2D eigenvalue weighted by molar-refractivity contribution is 5.74. The first kappa shape index (κ1) is 14.5. The van der Waals surface area contributed by atoms with Crippen molar-refractivity contribution in [3.8, 4) is 0 Å². The zero-order valence-corrected chi connectivity index (χ0v) is 10.9. The molecule has 5 nitrogen and oxygen atoms in total. The van der Waals surface area contributed by atoms with Crippen LogP contribution in [-0.2, 0) is 0 Å². The normalized spacial score (nSPS) is 16.6. The van der Waals surface area contributed by atoms with Crippen LogP contribution < -0.4 is 10.6 Å². The van der Waals surface area contributed by atoms with Crippen LogP contribution in [0.5, 0.6) is 0 Å². The molecule has 0 aliphatic heterocycles. The number of nitrogens with one attached hydrogen (secondary N) is 2. The molecule has 1 atom stereocenters. The minimum absolute atomic E-state index is 0.188. The average Bonchev–Trinajstić information content (AvgIpc) is 3.17. The van der Waals surface area contributed by atoms with Gasteiger partial charge in [0.2, 0.25) is 0 Å². The Morgan fingerprint density at radius 1 is 1.50 bits per heavy atom. The molecule has 8 heteroatoms. The van der Waals surface area contributed by atoms with Crippen molar-refractivity contribution in [2.45, 2.75) is 32.0 Å². The van der Waals surface area contributed by atoms with E-state index in [0.717, 1.165) is 18.5 Å². The number of aryl methyl sites for hydroxylation is 1. The molecule has 0 aromatic carbocycles. The first-order valence-electron chi connectivity index (χ1n) is 6.26. The van der Waals surface area contributed by atoms with Gasteiger partial charge in [-0.25, -0.2) is 14.8 Å². The van der Waals surface area contributed by atoms with Gasteiger partial charge in [0.15, 0.2) is 5.82 Å². The third-order valence-electron chi connectivity index (χ3n) is 2.92. The Hall–Kier alpha value is -1.86. The van der Waals surface area contributed by atoms with Gasteiger partial charge < -0.3 is 10.6 Å². The molecule has 1 aliphatic rings. The molecular formula is C12H15F3N4O. The Labute approximate surface area is 114 Å². The van der Waals surface area contributed by atoms with Crippen LogP contribution >= 0.6 is 0 Å². The molecule has 0 radical (unpaired) electrons. The Bertz CT molecular complexity index is 488. The van der Waals surface area contributed by atoms with Gasteiger partial charge in [-0.3, -0.25) is 0 Å². The Morgan fingerprint density at radius 2 is 2.20 bits per heavy atom. The summed E-state index contributed by atoms with van der Waals surface area (Å²) in [5.74, 6) is 0.628. The number of nitrogens with zero attached hydrogens (tertiary/aromatic N) is 2. The second-order valence-electron chi connectivity index (χ2n) is 4.81. The summed E-state index contributed by atoms with van der Waals surface area (Å²) in [7, 11) is 0. The van der Waals surface area contributed by atoms with Crippen LogP contribution in [0.15, 0.2) is 12.3 Å². The van der Waals surface area contributed by atoms with E-state index >= 15 is 0 Å².